The number of benzene rings is 1. The van der Waals surface area contributed by atoms with E-state index in [-0.39, 0.29) is 17.0 Å². The first kappa shape index (κ1) is 31.4. The molecule has 0 saturated heterocycles. The molecule has 34 heavy (non-hydrogen) atoms. The summed E-state index contributed by atoms with van der Waals surface area (Å²) < 4.78 is 0. The number of anilines is 1. The molecule has 4 heteroatoms. The molecule has 1 aromatic carbocycles. The summed E-state index contributed by atoms with van der Waals surface area (Å²) in [7, 11) is 0. The molecule has 1 aliphatic rings. The Morgan fingerprint density at radius 1 is 0.618 bits per heavy atom. The molecule has 0 fully saturated rings. The van der Waals surface area contributed by atoms with Crippen molar-refractivity contribution in [1.82, 2.24) is 4.90 Å². The minimum absolute atomic E-state index is 0. The van der Waals surface area contributed by atoms with E-state index in [0.717, 1.165) is 6.67 Å². The number of nitrogens with zero attached hydrogens (tertiary/aromatic N) is 2. The van der Waals surface area contributed by atoms with Gasteiger partial charge >= 0.3 is 0 Å². The summed E-state index contributed by atoms with van der Waals surface area (Å²) in [5, 5.41) is 0. The standard InChI is InChI=1S/C30H52N2S.BrH/c1-2-3-4-5-6-11-14-20-27-33-28-21-15-12-9-7-8-10-13-19-24-31-25-26-32(29-31)30-22-17-16-18-23-30;/h16-18,22-23,25-26H,2-15,19-21,24,27-29H2,1H3;1H. The van der Waals surface area contributed by atoms with Crippen molar-refractivity contribution in [2.45, 2.75) is 116 Å². The Kier molecular flexibility index (Phi) is 21.1. The van der Waals surface area contributed by atoms with E-state index >= 15 is 0 Å². The highest BCUT2D eigenvalue weighted by Gasteiger charge is 2.12. The van der Waals surface area contributed by atoms with Crippen molar-refractivity contribution in [2.75, 3.05) is 29.6 Å². The second-order valence-electron chi connectivity index (χ2n) is 9.83. The zero-order chi connectivity index (χ0) is 23.2. The number of thioether (sulfide) groups is 1. The predicted octanol–water partition coefficient (Wildman–Crippen LogP) is 10.2. The van der Waals surface area contributed by atoms with Crippen molar-refractivity contribution in [3.05, 3.63) is 42.7 Å². The maximum Gasteiger partial charge on any atom is 0.0941 e. The molecule has 1 aliphatic heterocycles. The zero-order valence-electron chi connectivity index (χ0n) is 22.1. The van der Waals surface area contributed by atoms with Gasteiger partial charge in [0.2, 0.25) is 0 Å². The van der Waals surface area contributed by atoms with Gasteiger partial charge in [0, 0.05) is 24.6 Å². The summed E-state index contributed by atoms with van der Waals surface area (Å²) in [6.07, 6.45) is 28.8. The van der Waals surface area contributed by atoms with Crippen LogP contribution in [0.5, 0.6) is 0 Å². The Morgan fingerprint density at radius 3 is 1.68 bits per heavy atom. The summed E-state index contributed by atoms with van der Waals surface area (Å²) in [5.41, 5.74) is 1.29. The van der Waals surface area contributed by atoms with Crippen molar-refractivity contribution < 1.29 is 0 Å². The van der Waals surface area contributed by atoms with Gasteiger partial charge in [0.05, 0.1) is 6.67 Å². The van der Waals surface area contributed by atoms with Gasteiger partial charge in [-0.1, -0.05) is 115 Å². The molecular weight excluding hydrogens is 500 g/mol. The van der Waals surface area contributed by atoms with Crippen LogP contribution in [-0.4, -0.2) is 29.6 Å². The van der Waals surface area contributed by atoms with Crippen LogP contribution >= 0.6 is 28.7 Å². The molecule has 0 saturated carbocycles. The van der Waals surface area contributed by atoms with E-state index in [2.05, 4.69) is 71.2 Å². The van der Waals surface area contributed by atoms with Crippen LogP contribution in [-0.2, 0) is 0 Å². The molecular formula is C30H53BrN2S. The summed E-state index contributed by atoms with van der Waals surface area (Å²) in [4.78, 5) is 4.77. The minimum Gasteiger partial charge on any atom is -0.358 e. The Bertz CT molecular complexity index is 580. The highest BCUT2D eigenvalue weighted by Crippen LogP contribution is 2.19. The van der Waals surface area contributed by atoms with E-state index in [1.54, 1.807) is 0 Å². The molecule has 196 valence electrons. The van der Waals surface area contributed by atoms with Crippen LogP contribution in [0.1, 0.15) is 116 Å². The molecule has 1 aromatic rings. The van der Waals surface area contributed by atoms with Gasteiger partial charge in [0.15, 0.2) is 0 Å². The summed E-state index contributed by atoms with van der Waals surface area (Å²) in [6.45, 7) is 4.49. The molecule has 2 nitrogen and oxygen atoms in total. The number of halogens is 1. The van der Waals surface area contributed by atoms with Gasteiger partial charge in [-0.05, 0) is 42.9 Å². The van der Waals surface area contributed by atoms with Crippen LogP contribution in [0.25, 0.3) is 0 Å². The lowest BCUT2D eigenvalue weighted by molar-refractivity contribution is 0.388. The SMILES string of the molecule is Br.CCCCCCCCCCSCCCCCCCCCCCN1C=CN(c2ccccc2)C1. The summed E-state index contributed by atoms with van der Waals surface area (Å²) in [5.74, 6) is 2.79. The van der Waals surface area contributed by atoms with E-state index in [4.69, 9.17) is 0 Å². The Balaban J connectivity index is 0.00000578. The number of rotatable bonds is 22. The monoisotopic (exact) mass is 552 g/mol. The van der Waals surface area contributed by atoms with Gasteiger partial charge < -0.3 is 9.80 Å². The average molecular weight is 554 g/mol. The molecule has 0 aromatic heterocycles. The summed E-state index contributed by atoms with van der Waals surface area (Å²) in [6, 6.07) is 10.7. The van der Waals surface area contributed by atoms with Crippen LogP contribution in [0.4, 0.5) is 5.69 Å². The van der Waals surface area contributed by atoms with Crippen molar-refractivity contribution >= 4 is 34.4 Å². The molecule has 0 radical (unpaired) electrons. The Hall–Kier alpha value is -0.610. The molecule has 0 atom stereocenters. The third kappa shape index (κ3) is 16.1. The predicted molar refractivity (Wildman–Crippen MR) is 161 cm³/mol. The normalized spacial score (nSPS) is 13.0. The second-order valence-corrected chi connectivity index (χ2v) is 11.1. The van der Waals surface area contributed by atoms with Crippen molar-refractivity contribution in [1.29, 1.82) is 0 Å². The van der Waals surface area contributed by atoms with E-state index in [1.807, 2.05) is 0 Å². The minimum atomic E-state index is 0. The number of hydrogen-bond acceptors (Lipinski definition) is 3. The topological polar surface area (TPSA) is 6.48 Å². The fraction of sp³-hybridized carbons (Fsp3) is 0.733. The van der Waals surface area contributed by atoms with Crippen molar-refractivity contribution in [3.8, 4) is 0 Å². The van der Waals surface area contributed by atoms with Crippen molar-refractivity contribution in [3.63, 3.8) is 0 Å². The van der Waals surface area contributed by atoms with Gasteiger partial charge in [-0.25, -0.2) is 0 Å². The molecule has 0 N–H and O–H groups in total. The molecule has 1 heterocycles. The van der Waals surface area contributed by atoms with Crippen LogP contribution in [0.3, 0.4) is 0 Å². The summed E-state index contributed by atoms with van der Waals surface area (Å²) >= 11 is 2.20. The molecule has 0 aliphatic carbocycles. The third-order valence-electron chi connectivity index (χ3n) is 6.76. The van der Waals surface area contributed by atoms with Crippen LogP contribution < -0.4 is 4.90 Å². The zero-order valence-corrected chi connectivity index (χ0v) is 24.6. The highest BCUT2D eigenvalue weighted by atomic mass is 79.9. The number of para-hydroxylation sites is 1. The van der Waals surface area contributed by atoms with Gasteiger partial charge in [0.25, 0.3) is 0 Å². The average Bonchev–Trinajstić information content (AvgIpc) is 3.32. The first-order chi connectivity index (χ1) is 16.4. The fourth-order valence-corrected chi connectivity index (χ4v) is 5.61. The van der Waals surface area contributed by atoms with E-state index in [0.29, 0.717) is 0 Å². The number of hydrogen-bond donors (Lipinski definition) is 0. The van der Waals surface area contributed by atoms with Gasteiger partial charge in [-0.2, -0.15) is 11.8 Å². The van der Waals surface area contributed by atoms with Gasteiger partial charge in [-0.15, -0.1) is 17.0 Å². The second kappa shape index (κ2) is 22.8. The largest absolute Gasteiger partial charge is 0.358 e. The third-order valence-corrected chi connectivity index (χ3v) is 7.91. The van der Waals surface area contributed by atoms with E-state index in [1.165, 1.54) is 133 Å². The number of unbranched alkanes of at least 4 members (excludes halogenated alkanes) is 15. The van der Waals surface area contributed by atoms with E-state index in [9.17, 15) is 0 Å². The van der Waals surface area contributed by atoms with E-state index < -0.39 is 0 Å². The molecule has 0 bridgehead atoms. The highest BCUT2D eigenvalue weighted by molar-refractivity contribution is 8.93. The van der Waals surface area contributed by atoms with Crippen molar-refractivity contribution in [2.24, 2.45) is 0 Å². The van der Waals surface area contributed by atoms with Crippen LogP contribution in [0.2, 0.25) is 0 Å². The maximum atomic E-state index is 2.44. The Labute approximate surface area is 227 Å². The lowest BCUT2D eigenvalue weighted by atomic mass is 10.1. The molecule has 0 spiro atoms. The molecule has 2 rings (SSSR count). The lowest BCUT2D eigenvalue weighted by Gasteiger charge is -2.21. The Morgan fingerprint density at radius 2 is 1.12 bits per heavy atom. The van der Waals surface area contributed by atoms with Gasteiger partial charge in [-0.3, -0.25) is 0 Å². The smallest absolute Gasteiger partial charge is 0.0941 e. The maximum absolute atomic E-state index is 2.44. The fourth-order valence-electron chi connectivity index (χ4n) is 4.59. The molecule has 0 unspecified atom stereocenters. The quantitative estimate of drug-likeness (QED) is 0.132. The van der Waals surface area contributed by atoms with Crippen LogP contribution in [0.15, 0.2) is 42.7 Å². The van der Waals surface area contributed by atoms with Gasteiger partial charge in [0.1, 0.15) is 0 Å². The van der Waals surface area contributed by atoms with Crippen LogP contribution in [0, 0.1) is 0 Å². The first-order valence-electron chi connectivity index (χ1n) is 14.2. The lowest BCUT2D eigenvalue weighted by Crippen LogP contribution is -2.25. The molecule has 0 amide bonds. The first-order valence-corrected chi connectivity index (χ1v) is 15.4.